The van der Waals surface area contributed by atoms with Crippen molar-refractivity contribution in [3.8, 4) is 0 Å². The van der Waals surface area contributed by atoms with E-state index in [1.807, 2.05) is 0 Å². The third-order valence-electron chi connectivity index (χ3n) is 3.25. The van der Waals surface area contributed by atoms with E-state index in [0.717, 1.165) is 45.9 Å². The molecule has 1 atom stereocenters. The van der Waals surface area contributed by atoms with Crippen LogP contribution in [0, 0.1) is 0 Å². The zero-order chi connectivity index (χ0) is 9.80. The van der Waals surface area contributed by atoms with Gasteiger partial charge >= 0.3 is 0 Å². The van der Waals surface area contributed by atoms with Crippen molar-refractivity contribution < 1.29 is 9.84 Å². The van der Waals surface area contributed by atoms with Gasteiger partial charge in [-0.2, -0.15) is 0 Å². The monoisotopic (exact) mass is 200 g/mol. The minimum atomic E-state index is 0.284. The van der Waals surface area contributed by atoms with Gasteiger partial charge in [-0.15, -0.1) is 0 Å². The van der Waals surface area contributed by atoms with E-state index >= 15 is 0 Å². The summed E-state index contributed by atoms with van der Waals surface area (Å²) >= 11 is 0. The van der Waals surface area contributed by atoms with Crippen LogP contribution < -0.4 is 0 Å². The van der Waals surface area contributed by atoms with E-state index in [1.165, 1.54) is 6.42 Å². The lowest BCUT2D eigenvalue weighted by atomic mass is 10.2. The Morgan fingerprint density at radius 3 is 2.57 bits per heavy atom. The number of hydrogen-bond donors (Lipinski definition) is 1. The standard InChI is InChI=1S/C10H20N2O2/c13-7-6-11-2-4-12(5-3-11)10-1-8-14-9-10/h10,13H,1-9H2. The van der Waals surface area contributed by atoms with Gasteiger partial charge in [-0.3, -0.25) is 9.80 Å². The minimum absolute atomic E-state index is 0.284. The number of hydrogen-bond acceptors (Lipinski definition) is 4. The van der Waals surface area contributed by atoms with Gasteiger partial charge in [0.2, 0.25) is 0 Å². The van der Waals surface area contributed by atoms with Crippen molar-refractivity contribution in [1.82, 2.24) is 9.80 Å². The molecule has 82 valence electrons. The van der Waals surface area contributed by atoms with Gasteiger partial charge < -0.3 is 9.84 Å². The Morgan fingerprint density at radius 2 is 2.00 bits per heavy atom. The SMILES string of the molecule is OCCN1CCN(C2CCOC2)CC1. The van der Waals surface area contributed by atoms with Gasteiger partial charge in [0, 0.05) is 45.4 Å². The van der Waals surface area contributed by atoms with Gasteiger partial charge in [0.05, 0.1) is 13.2 Å². The average molecular weight is 200 g/mol. The molecule has 0 saturated carbocycles. The Bertz CT molecular complexity index is 164. The molecule has 1 N–H and O–H groups in total. The van der Waals surface area contributed by atoms with Gasteiger partial charge in [-0.05, 0) is 6.42 Å². The lowest BCUT2D eigenvalue weighted by Crippen LogP contribution is -2.51. The summed E-state index contributed by atoms with van der Waals surface area (Å²) < 4.78 is 5.39. The van der Waals surface area contributed by atoms with Gasteiger partial charge in [0.1, 0.15) is 0 Å². The van der Waals surface area contributed by atoms with Crippen LogP contribution in [0.1, 0.15) is 6.42 Å². The second-order valence-corrected chi connectivity index (χ2v) is 4.12. The van der Waals surface area contributed by atoms with E-state index < -0.39 is 0 Å². The van der Waals surface area contributed by atoms with Crippen LogP contribution in [0.3, 0.4) is 0 Å². The van der Waals surface area contributed by atoms with Gasteiger partial charge in [-0.25, -0.2) is 0 Å². The second kappa shape index (κ2) is 5.07. The van der Waals surface area contributed by atoms with Crippen LogP contribution in [-0.2, 0) is 4.74 Å². The minimum Gasteiger partial charge on any atom is -0.395 e. The van der Waals surface area contributed by atoms with Crippen molar-refractivity contribution in [3.63, 3.8) is 0 Å². The number of nitrogens with zero attached hydrogens (tertiary/aromatic N) is 2. The van der Waals surface area contributed by atoms with Crippen LogP contribution in [0.4, 0.5) is 0 Å². The van der Waals surface area contributed by atoms with Crippen LogP contribution in [0.2, 0.25) is 0 Å². The summed E-state index contributed by atoms with van der Waals surface area (Å²) in [6.07, 6.45) is 1.19. The highest BCUT2D eigenvalue weighted by atomic mass is 16.5. The average Bonchev–Trinajstić information content (AvgIpc) is 2.72. The highest BCUT2D eigenvalue weighted by Crippen LogP contribution is 2.14. The molecule has 0 radical (unpaired) electrons. The predicted octanol–water partition coefficient (Wildman–Crippen LogP) is -0.615. The molecule has 0 bridgehead atoms. The topological polar surface area (TPSA) is 35.9 Å². The molecule has 2 aliphatic heterocycles. The molecule has 1 unspecified atom stereocenters. The number of aliphatic hydroxyl groups is 1. The van der Waals surface area contributed by atoms with Gasteiger partial charge in [-0.1, -0.05) is 0 Å². The Hall–Kier alpha value is -0.160. The lowest BCUT2D eigenvalue weighted by Gasteiger charge is -2.37. The first kappa shape index (κ1) is 10.4. The number of aliphatic hydroxyl groups excluding tert-OH is 1. The molecule has 0 aromatic heterocycles. The third kappa shape index (κ3) is 2.45. The number of rotatable bonds is 3. The van der Waals surface area contributed by atoms with Crippen molar-refractivity contribution in [2.75, 3.05) is 52.5 Å². The highest BCUT2D eigenvalue weighted by Gasteiger charge is 2.26. The number of ether oxygens (including phenoxy) is 1. The fourth-order valence-electron chi connectivity index (χ4n) is 2.30. The summed E-state index contributed by atoms with van der Waals surface area (Å²) in [5, 5.41) is 8.82. The zero-order valence-corrected chi connectivity index (χ0v) is 8.69. The van der Waals surface area contributed by atoms with E-state index in [4.69, 9.17) is 9.84 Å². The van der Waals surface area contributed by atoms with E-state index in [2.05, 4.69) is 9.80 Å². The second-order valence-electron chi connectivity index (χ2n) is 4.12. The summed E-state index contributed by atoms with van der Waals surface area (Å²) in [4.78, 5) is 4.85. The van der Waals surface area contributed by atoms with E-state index in [0.29, 0.717) is 6.04 Å². The maximum atomic E-state index is 8.82. The number of piperazine rings is 1. The smallest absolute Gasteiger partial charge is 0.0622 e. The summed E-state index contributed by atoms with van der Waals surface area (Å²) in [6.45, 7) is 7.42. The predicted molar refractivity (Wildman–Crippen MR) is 54.3 cm³/mol. The van der Waals surface area contributed by atoms with Crippen molar-refractivity contribution in [2.24, 2.45) is 0 Å². The van der Waals surface area contributed by atoms with E-state index in [1.54, 1.807) is 0 Å². The van der Waals surface area contributed by atoms with Crippen molar-refractivity contribution in [3.05, 3.63) is 0 Å². The fourth-order valence-corrected chi connectivity index (χ4v) is 2.30. The molecular weight excluding hydrogens is 180 g/mol. The molecule has 0 aliphatic carbocycles. The van der Waals surface area contributed by atoms with Crippen molar-refractivity contribution >= 4 is 0 Å². The van der Waals surface area contributed by atoms with Crippen LogP contribution in [-0.4, -0.2) is 73.5 Å². The molecule has 14 heavy (non-hydrogen) atoms. The zero-order valence-electron chi connectivity index (χ0n) is 8.69. The van der Waals surface area contributed by atoms with Crippen LogP contribution in [0.25, 0.3) is 0 Å². The molecule has 2 aliphatic rings. The molecule has 2 fully saturated rings. The summed E-state index contributed by atoms with van der Waals surface area (Å²) in [7, 11) is 0. The van der Waals surface area contributed by atoms with Crippen LogP contribution in [0.5, 0.6) is 0 Å². The lowest BCUT2D eigenvalue weighted by molar-refractivity contribution is 0.0754. The molecule has 4 heteroatoms. The normalized spacial score (nSPS) is 31.1. The molecule has 0 amide bonds. The first-order chi connectivity index (χ1) is 6.90. The molecule has 2 saturated heterocycles. The van der Waals surface area contributed by atoms with Crippen LogP contribution in [0.15, 0.2) is 0 Å². The summed E-state index contributed by atoms with van der Waals surface area (Å²) in [6, 6.07) is 0.659. The first-order valence-corrected chi connectivity index (χ1v) is 5.55. The molecule has 4 nitrogen and oxygen atoms in total. The molecule has 0 aromatic carbocycles. The fraction of sp³-hybridized carbons (Fsp3) is 1.00. The molecule has 2 rings (SSSR count). The summed E-state index contributed by atoms with van der Waals surface area (Å²) in [5.74, 6) is 0. The first-order valence-electron chi connectivity index (χ1n) is 5.55. The van der Waals surface area contributed by atoms with Gasteiger partial charge in [0.15, 0.2) is 0 Å². The largest absolute Gasteiger partial charge is 0.395 e. The van der Waals surface area contributed by atoms with E-state index in [-0.39, 0.29) is 6.61 Å². The Morgan fingerprint density at radius 1 is 1.21 bits per heavy atom. The molecule has 0 aromatic rings. The summed E-state index contributed by atoms with van der Waals surface area (Å²) in [5.41, 5.74) is 0. The van der Waals surface area contributed by atoms with Gasteiger partial charge in [0.25, 0.3) is 0 Å². The maximum Gasteiger partial charge on any atom is 0.0622 e. The Labute approximate surface area is 85.4 Å². The Balaban J connectivity index is 1.72. The highest BCUT2D eigenvalue weighted by molar-refractivity contribution is 4.80. The molecular formula is C10H20N2O2. The van der Waals surface area contributed by atoms with Crippen molar-refractivity contribution in [2.45, 2.75) is 12.5 Å². The van der Waals surface area contributed by atoms with Crippen molar-refractivity contribution in [1.29, 1.82) is 0 Å². The maximum absolute atomic E-state index is 8.82. The van der Waals surface area contributed by atoms with E-state index in [9.17, 15) is 0 Å². The third-order valence-corrected chi connectivity index (χ3v) is 3.25. The quantitative estimate of drug-likeness (QED) is 0.659. The van der Waals surface area contributed by atoms with Crippen LogP contribution >= 0.6 is 0 Å². The molecule has 2 heterocycles. The number of β-amino-alcohol motifs (C(OH)–C–C–N with tert-alkyl or cyclic N) is 1. The molecule has 0 spiro atoms. The Kier molecular flexibility index (Phi) is 3.75.